The van der Waals surface area contributed by atoms with Crippen molar-refractivity contribution >= 4 is 0 Å². The molecule has 0 spiro atoms. The van der Waals surface area contributed by atoms with Gasteiger partial charge in [0.15, 0.2) is 0 Å². The van der Waals surface area contributed by atoms with Gasteiger partial charge in [0.05, 0.1) is 29.9 Å². The summed E-state index contributed by atoms with van der Waals surface area (Å²) in [6.07, 6.45) is 0. The summed E-state index contributed by atoms with van der Waals surface area (Å²) in [5.74, 6) is 0. The maximum absolute atomic E-state index is 8.81. The van der Waals surface area contributed by atoms with E-state index in [9.17, 15) is 0 Å². The molecule has 58 valence electrons. The van der Waals surface area contributed by atoms with E-state index in [-0.39, 0.29) is 6.61 Å². The van der Waals surface area contributed by atoms with Crippen molar-refractivity contribution in [2.24, 2.45) is 0 Å². The maximum atomic E-state index is 8.81. The van der Waals surface area contributed by atoms with Crippen LogP contribution in [-0.4, -0.2) is 5.11 Å². The lowest BCUT2D eigenvalue weighted by Gasteiger charge is -1.98. The van der Waals surface area contributed by atoms with Crippen LogP contribution in [-0.2, 0) is 6.61 Å². The summed E-state index contributed by atoms with van der Waals surface area (Å²) >= 11 is 0. The summed E-state index contributed by atoms with van der Waals surface area (Å²) < 4.78 is 0. The molecule has 0 aliphatic rings. The highest BCUT2D eigenvalue weighted by atomic mass is 16.3. The van der Waals surface area contributed by atoms with E-state index in [0.29, 0.717) is 16.7 Å². The van der Waals surface area contributed by atoms with Crippen LogP contribution in [0.4, 0.5) is 0 Å². The van der Waals surface area contributed by atoms with E-state index >= 15 is 0 Å². The monoisotopic (exact) mass is 158 g/mol. The minimum atomic E-state index is -0.210. The summed E-state index contributed by atoms with van der Waals surface area (Å²) in [4.78, 5) is 0. The van der Waals surface area contributed by atoms with Gasteiger partial charge in [-0.2, -0.15) is 10.5 Å². The molecule has 0 radical (unpaired) electrons. The largest absolute Gasteiger partial charge is 0.392 e. The average Bonchev–Trinajstić information content (AvgIpc) is 2.16. The standard InChI is InChI=1S/C9H6N2O/c10-4-7-1-2-8(5-11)9(3-7)6-12/h1-3,12H,6H2. The molecule has 0 atom stereocenters. The summed E-state index contributed by atoms with van der Waals surface area (Å²) in [5, 5.41) is 25.9. The van der Waals surface area contributed by atoms with Crippen LogP contribution in [0.1, 0.15) is 16.7 Å². The Hall–Kier alpha value is -1.84. The molecule has 0 bridgehead atoms. The van der Waals surface area contributed by atoms with E-state index in [2.05, 4.69) is 0 Å². The van der Waals surface area contributed by atoms with Crippen molar-refractivity contribution in [1.29, 1.82) is 10.5 Å². The summed E-state index contributed by atoms with van der Waals surface area (Å²) in [6.45, 7) is -0.210. The molecule has 1 aromatic carbocycles. The van der Waals surface area contributed by atoms with Crippen molar-refractivity contribution in [2.45, 2.75) is 6.61 Å². The van der Waals surface area contributed by atoms with Crippen molar-refractivity contribution in [3.63, 3.8) is 0 Å². The predicted molar refractivity (Wildman–Crippen MR) is 41.8 cm³/mol. The van der Waals surface area contributed by atoms with Gasteiger partial charge in [-0.1, -0.05) is 0 Å². The number of aliphatic hydroxyl groups is 1. The number of nitriles is 2. The van der Waals surface area contributed by atoms with Crippen molar-refractivity contribution in [3.8, 4) is 12.1 Å². The third-order valence-electron chi connectivity index (χ3n) is 1.53. The van der Waals surface area contributed by atoms with Crippen molar-refractivity contribution in [1.82, 2.24) is 0 Å². The predicted octanol–water partition coefficient (Wildman–Crippen LogP) is 0.922. The van der Waals surface area contributed by atoms with Crippen LogP contribution in [0.15, 0.2) is 18.2 Å². The van der Waals surface area contributed by atoms with Crippen LogP contribution in [0.5, 0.6) is 0 Å². The zero-order chi connectivity index (χ0) is 8.97. The Morgan fingerprint density at radius 1 is 1.25 bits per heavy atom. The Bertz CT molecular complexity index is 371. The Morgan fingerprint density at radius 3 is 2.50 bits per heavy atom. The van der Waals surface area contributed by atoms with Crippen LogP contribution in [0, 0.1) is 22.7 Å². The first-order valence-corrected chi connectivity index (χ1v) is 3.36. The fraction of sp³-hybridized carbons (Fsp3) is 0.111. The molecule has 0 fully saturated rings. The molecule has 3 heteroatoms. The van der Waals surface area contributed by atoms with Gasteiger partial charge in [-0.05, 0) is 23.8 Å². The van der Waals surface area contributed by atoms with Crippen LogP contribution < -0.4 is 0 Å². The van der Waals surface area contributed by atoms with Gasteiger partial charge in [0, 0.05) is 0 Å². The quantitative estimate of drug-likeness (QED) is 0.660. The normalized spacial score (nSPS) is 8.58. The second kappa shape index (κ2) is 3.52. The fourth-order valence-electron chi connectivity index (χ4n) is 0.903. The Balaban J connectivity index is 3.24. The van der Waals surface area contributed by atoms with Crippen LogP contribution in [0.2, 0.25) is 0 Å². The minimum absolute atomic E-state index is 0.210. The molecular weight excluding hydrogens is 152 g/mol. The lowest BCUT2D eigenvalue weighted by atomic mass is 10.1. The number of aliphatic hydroxyl groups excluding tert-OH is 1. The number of rotatable bonds is 1. The molecule has 1 N–H and O–H groups in total. The highest BCUT2D eigenvalue weighted by Crippen LogP contribution is 2.10. The van der Waals surface area contributed by atoms with E-state index in [4.69, 9.17) is 15.6 Å². The summed E-state index contributed by atoms with van der Waals surface area (Å²) in [6, 6.07) is 8.46. The maximum Gasteiger partial charge on any atom is 0.0995 e. The number of hydrogen-bond acceptors (Lipinski definition) is 3. The molecule has 0 heterocycles. The smallest absolute Gasteiger partial charge is 0.0995 e. The zero-order valence-electron chi connectivity index (χ0n) is 6.28. The molecule has 0 amide bonds. The van der Waals surface area contributed by atoms with Gasteiger partial charge in [-0.3, -0.25) is 0 Å². The first kappa shape index (κ1) is 8.26. The molecule has 0 unspecified atom stereocenters. The topological polar surface area (TPSA) is 67.8 Å². The van der Waals surface area contributed by atoms with Gasteiger partial charge >= 0.3 is 0 Å². The molecule has 1 aromatic rings. The Labute approximate surface area is 70.1 Å². The Kier molecular flexibility index (Phi) is 2.42. The van der Waals surface area contributed by atoms with Gasteiger partial charge in [0.2, 0.25) is 0 Å². The third-order valence-corrected chi connectivity index (χ3v) is 1.53. The van der Waals surface area contributed by atoms with Crippen LogP contribution in [0.3, 0.4) is 0 Å². The highest BCUT2D eigenvalue weighted by Gasteiger charge is 2.00. The van der Waals surface area contributed by atoms with Crippen molar-refractivity contribution in [2.75, 3.05) is 0 Å². The fourth-order valence-corrected chi connectivity index (χ4v) is 0.903. The third kappa shape index (κ3) is 1.42. The number of hydrogen-bond donors (Lipinski definition) is 1. The lowest BCUT2D eigenvalue weighted by molar-refractivity contribution is 0.281. The molecule has 0 saturated heterocycles. The van der Waals surface area contributed by atoms with Crippen LogP contribution >= 0.6 is 0 Å². The molecule has 0 aliphatic carbocycles. The molecule has 0 aromatic heterocycles. The Morgan fingerprint density at radius 2 is 2.00 bits per heavy atom. The van der Waals surface area contributed by atoms with E-state index < -0.39 is 0 Å². The molecule has 1 rings (SSSR count). The SMILES string of the molecule is N#Cc1ccc(C#N)c(CO)c1. The van der Waals surface area contributed by atoms with Crippen molar-refractivity contribution in [3.05, 3.63) is 34.9 Å². The first-order chi connectivity index (χ1) is 5.81. The summed E-state index contributed by atoms with van der Waals surface area (Å²) in [5.41, 5.74) is 1.37. The second-order valence-corrected chi connectivity index (χ2v) is 2.25. The van der Waals surface area contributed by atoms with Crippen molar-refractivity contribution < 1.29 is 5.11 Å². The van der Waals surface area contributed by atoms with E-state index in [0.717, 1.165) is 0 Å². The molecular formula is C9H6N2O. The lowest BCUT2D eigenvalue weighted by Crippen LogP contribution is -1.90. The number of nitrogens with zero attached hydrogens (tertiary/aromatic N) is 2. The molecule has 3 nitrogen and oxygen atoms in total. The average molecular weight is 158 g/mol. The van der Waals surface area contributed by atoms with Gasteiger partial charge < -0.3 is 5.11 Å². The van der Waals surface area contributed by atoms with E-state index in [1.165, 1.54) is 12.1 Å². The van der Waals surface area contributed by atoms with Gasteiger partial charge in [0.1, 0.15) is 0 Å². The first-order valence-electron chi connectivity index (χ1n) is 3.36. The number of benzene rings is 1. The second-order valence-electron chi connectivity index (χ2n) is 2.25. The molecule has 0 saturated carbocycles. The van der Waals surface area contributed by atoms with Crippen LogP contribution in [0.25, 0.3) is 0 Å². The molecule has 12 heavy (non-hydrogen) atoms. The van der Waals surface area contributed by atoms with Gasteiger partial charge in [-0.15, -0.1) is 0 Å². The van der Waals surface area contributed by atoms with Gasteiger partial charge in [0.25, 0.3) is 0 Å². The van der Waals surface area contributed by atoms with Gasteiger partial charge in [-0.25, -0.2) is 0 Å². The highest BCUT2D eigenvalue weighted by molar-refractivity contribution is 5.43. The minimum Gasteiger partial charge on any atom is -0.392 e. The summed E-state index contributed by atoms with van der Waals surface area (Å²) in [7, 11) is 0. The molecule has 0 aliphatic heterocycles. The zero-order valence-corrected chi connectivity index (χ0v) is 6.28. The van der Waals surface area contributed by atoms with E-state index in [1.54, 1.807) is 6.07 Å². The van der Waals surface area contributed by atoms with E-state index in [1.807, 2.05) is 12.1 Å².